The van der Waals surface area contributed by atoms with Crippen molar-refractivity contribution in [1.29, 1.82) is 0 Å². The summed E-state index contributed by atoms with van der Waals surface area (Å²) in [5.74, 6) is 0.0735. The van der Waals surface area contributed by atoms with Crippen molar-refractivity contribution in [3.63, 3.8) is 0 Å². The van der Waals surface area contributed by atoms with Crippen LogP contribution in [0.4, 0.5) is 5.82 Å². The van der Waals surface area contributed by atoms with E-state index in [0.717, 1.165) is 12.8 Å². The van der Waals surface area contributed by atoms with Gasteiger partial charge in [-0.05, 0) is 34.9 Å². The van der Waals surface area contributed by atoms with E-state index in [1.165, 1.54) is 6.20 Å². The van der Waals surface area contributed by atoms with Crippen LogP contribution in [0.2, 0.25) is 0 Å². The van der Waals surface area contributed by atoms with Crippen LogP contribution >= 0.6 is 0 Å². The second-order valence-corrected chi connectivity index (χ2v) is 2.90. The number of pyridine rings is 1. The van der Waals surface area contributed by atoms with Crippen molar-refractivity contribution < 1.29 is 9.66 Å². The molecule has 68 valence electrons. The molecular formula is C8H8N2O3. The van der Waals surface area contributed by atoms with Gasteiger partial charge in [-0.3, -0.25) is 0 Å². The van der Waals surface area contributed by atoms with Gasteiger partial charge >= 0.3 is 5.82 Å². The van der Waals surface area contributed by atoms with Crippen LogP contribution < -0.4 is 4.74 Å². The van der Waals surface area contributed by atoms with E-state index < -0.39 is 4.92 Å². The minimum Gasteiger partial charge on any atom is -0.482 e. The summed E-state index contributed by atoms with van der Waals surface area (Å²) in [5, 5.41) is 10.5. The zero-order valence-corrected chi connectivity index (χ0v) is 6.84. The zero-order valence-electron chi connectivity index (χ0n) is 6.84. The third-order valence-electron chi connectivity index (χ3n) is 1.74. The largest absolute Gasteiger partial charge is 0.482 e. The van der Waals surface area contributed by atoms with Crippen LogP contribution in [-0.4, -0.2) is 16.0 Å². The quantitative estimate of drug-likeness (QED) is 0.522. The highest BCUT2D eigenvalue weighted by Crippen LogP contribution is 2.31. The molecule has 0 amide bonds. The molecule has 5 nitrogen and oxygen atoms in total. The number of nitro groups is 1. The molecule has 1 aromatic heterocycles. The lowest BCUT2D eigenvalue weighted by Crippen LogP contribution is -2.01. The van der Waals surface area contributed by atoms with Gasteiger partial charge in [0.05, 0.1) is 6.10 Å². The fourth-order valence-electron chi connectivity index (χ4n) is 0.977. The summed E-state index contributed by atoms with van der Waals surface area (Å²) in [5.41, 5.74) is 0. The molecule has 1 heterocycles. The van der Waals surface area contributed by atoms with Crippen LogP contribution in [0.3, 0.4) is 0 Å². The molecule has 0 N–H and O–H groups in total. The summed E-state index contributed by atoms with van der Waals surface area (Å²) in [6.45, 7) is 0. The first kappa shape index (κ1) is 7.97. The summed E-state index contributed by atoms with van der Waals surface area (Å²) in [7, 11) is 0. The van der Waals surface area contributed by atoms with Crippen LogP contribution in [0.1, 0.15) is 12.8 Å². The Morgan fingerprint density at radius 1 is 1.62 bits per heavy atom. The highest BCUT2D eigenvalue weighted by Gasteiger charge is 2.27. The molecule has 0 unspecified atom stereocenters. The van der Waals surface area contributed by atoms with E-state index in [9.17, 15) is 10.1 Å². The first-order chi connectivity index (χ1) is 6.27. The molecule has 5 heteroatoms. The first-order valence-corrected chi connectivity index (χ1v) is 4.03. The fraction of sp³-hybridized carbons (Fsp3) is 0.375. The average Bonchev–Trinajstić information content (AvgIpc) is 2.89. The number of hydrogen-bond donors (Lipinski definition) is 0. The Balaban J connectivity index is 2.25. The highest BCUT2D eigenvalue weighted by atomic mass is 16.6. The van der Waals surface area contributed by atoms with Gasteiger partial charge in [0.25, 0.3) is 0 Å². The Kier molecular flexibility index (Phi) is 1.84. The lowest BCUT2D eigenvalue weighted by atomic mass is 10.4. The number of aromatic nitrogens is 1. The molecule has 0 atom stereocenters. The van der Waals surface area contributed by atoms with Gasteiger partial charge in [-0.2, -0.15) is 0 Å². The SMILES string of the molecule is O=[N+]([O-])c1ncccc1OC1CC1. The maximum atomic E-state index is 10.5. The van der Waals surface area contributed by atoms with Crippen molar-refractivity contribution in [1.82, 2.24) is 4.98 Å². The van der Waals surface area contributed by atoms with Gasteiger partial charge < -0.3 is 14.9 Å². The molecule has 1 saturated carbocycles. The molecule has 1 fully saturated rings. The number of rotatable bonds is 3. The van der Waals surface area contributed by atoms with Gasteiger partial charge in [-0.25, -0.2) is 0 Å². The Bertz CT molecular complexity index is 336. The molecule has 1 aliphatic carbocycles. The summed E-state index contributed by atoms with van der Waals surface area (Å²) in [6, 6.07) is 3.20. The zero-order chi connectivity index (χ0) is 9.26. The third kappa shape index (κ3) is 1.74. The monoisotopic (exact) mass is 180 g/mol. The third-order valence-corrected chi connectivity index (χ3v) is 1.74. The molecule has 0 aromatic carbocycles. The first-order valence-electron chi connectivity index (χ1n) is 4.03. The Labute approximate surface area is 74.5 Å². The standard InChI is InChI=1S/C8H8N2O3/c11-10(12)8-7(2-1-5-9-8)13-6-3-4-6/h1-2,5-6H,3-4H2. The van der Waals surface area contributed by atoms with E-state index in [2.05, 4.69) is 4.98 Å². The van der Waals surface area contributed by atoms with Gasteiger partial charge in [-0.15, -0.1) is 0 Å². The summed E-state index contributed by atoms with van der Waals surface area (Å²) in [6.07, 6.45) is 3.50. The van der Waals surface area contributed by atoms with Crippen LogP contribution in [0, 0.1) is 10.1 Å². The minimum atomic E-state index is -0.530. The van der Waals surface area contributed by atoms with Gasteiger partial charge in [0, 0.05) is 0 Å². The van der Waals surface area contributed by atoms with Crippen molar-refractivity contribution >= 4 is 5.82 Å². The van der Waals surface area contributed by atoms with E-state index in [4.69, 9.17) is 4.74 Å². The highest BCUT2D eigenvalue weighted by molar-refractivity contribution is 5.38. The molecule has 1 aromatic rings. The molecule has 0 spiro atoms. The fourth-order valence-corrected chi connectivity index (χ4v) is 0.977. The molecule has 2 rings (SSSR count). The number of nitrogens with zero attached hydrogens (tertiary/aromatic N) is 2. The Morgan fingerprint density at radius 2 is 2.38 bits per heavy atom. The lowest BCUT2D eigenvalue weighted by Gasteiger charge is -2.02. The molecule has 1 aliphatic rings. The van der Waals surface area contributed by atoms with Crippen LogP contribution in [0.5, 0.6) is 5.75 Å². The second-order valence-electron chi connectivity index (χ2n) is 2.90. The molecule has 0 saturated heterocycles. The predicted octanol–water partition coefficient (Wildman–Crippen LogP) is 1.53. The Morgan fingerprint density at radius 3 is 3.00 bits per heavy atom. The number of ether oxygens (including phenoxy) is 1. The Hall–Kier alpha value is -1.65. The summed E-state index contributed by atoms with van der Waals surface area (Å²) in [4.78, 5) is 13.6. The van der Waals surface area contributed by atoms with Crippen molar-refractivity contribution in [3.8, 4) is 5.75 Å². The van der Waals surface area contributed by atoms with Crippen molar-refractivity contribution in [2.75, 3.05) is 0 Å². The molecule has 0 radical (unpaired) electrons. The van der Waals surface area contributed by atoms with Crippen molar-refractivity contribution in [2.45, 2.75) is 18.9 Å². The molecule has 0 bridgehead atoms. The van der Waals surface area contributed by atoms with E-state index in [0.29, 0.717) is 0 Å². The topological polar surface area (TPSA) is 65.3 Å². The maximum Gasteiger partial charge on any atom is 0.406 e. The van der Waals surface area contributed by atoms with Gasteiger partial charge in [-0.1, -0.05) is 0 Å². The van der Waals surface area contributed by atoms with E-state index >= 15 is 0 Å². The lowest BCUT2D eigenvalue weighted by molar-refractivity contribution is -0.390. The van der Waals surface area contributed by atoms with Crippen molar-refractivity contribution in [2.24, 2.45) is 0 Å². The van der Waals surface area contributed by atoms with Crippen molar-refractivity contribution in [3.05, 3.63) is 28.4 Å². The van der Waals surface area contributed by atoms with Crippen LogP contribution in [-0.2, 0) is 0 Å². The van der Waals surface area contributed by atoms with E-state index in [1.54, 1.807) is 12.1 Å². The smallest absolute Gasteiger partial charge is 0.406 e. The van der Waals surface area contributed by atoms with E-state index in [-0.39, 0.29) is 17.7 Å². The van der Waals surface area contributed by atoms with Crippen LogP contribution in [0.15, 0.2) is 18.3 Å². The normalized spacial score (nSPS) is 15.4. The van der Waals surface area contributed by atoms with Gasteiger partial charge in [0.1, 0.15) is 6.20 Å². The average molecular weight is 180 g/mol. The van der Waals surface area contributed by atoms with Gasteiger partial charge in [0.2, 0.25) is 5.75 Å². The second kappa shape index (κ2) is 3.01. The molecule has 0 aliphatic heterocycles. The predicted molar refractivity (Wildman–Crippen MR) is 44.5 cm³/mol. The summed E-state index contributed by atoms with van der Waals surface area (Å²) >= 11 is 0. The molecule has 13 heavy (non-hydrogen) atoms. The van der Waals surface area contributed by atoms with Gasteiger partial charge in [0.15, 0.2) is 0 Å². The maximum absolute atomic E-state index is 10.5. The van der Waals surface area contributed by atoms with Crippen LogP contribution in [0.25, 0.3) is 0 Å². The number of hydrogen-bond acceptors (Lipinski definition) is 4. The molecular weight excluding hydrogens is 172 g/mol. The minimum absolute atomic E-state index is 0.155. The van der Waals surface area contributed by atoms with E-state index in [1.807, 2.05) is 0 Å². The summed E-state index contributed by atoms with van der Waals surface area (Å²) < 4.78 is 5.31.